The van der Waals surface area contributed by atoms with E-state index < -0.39 is 18.1 Å². The van der Waals surface area contributed by atoms with Crippen molar-refractivity contribution in [1.29, 1.82) is 0 Å². The summed E-state index contributed by atoms with van der Waals surface area (Å²) in [7, 11) is 1.33. The van der Waals surface area contributed by atoms with Gasteiger partial charge in [0.15, 0.2) is 0 Å². The van der Waals surface area contributed by atoms with Crippen LogP contribution in [0.2, 0.25) is 0 Å². The number of para-hydroxylation sites is 2. The molecule has 0 radical (unpaired) electrons. The van der Waals surface area contributed by atoms with Crippen molar-refractivity contribution in [3.63, 3.8) is 0 Å². The lowest BCUT2D eigenvalue weighted by Crippen LogP contribution is -2.59. The zero-order chi connectivity index (χ0) is 28.8. The number of benzene rings is 2. The van der Waals surface area contributed by atoms with Gasteiger partial charge in [-0.3, -0.25) is 9.59 Å². The Morgan fingerprint density at radius 2 is 1.29 bits per heavy atom. The Morgan fingerprint density at radius 3 is 1.81 bits per heavy atom. The maximum absolute atomic E-state index is 14.1. The molecule has 8 rings (SSSR count). The first kappa shape index (κ1) is 26.8. The van der Waals surface area contributed by atoms with Crippen molar-refractivity contribution in [3.05, 3.63) is 72.1 Å². The zero-order valence-electron chi connectivity index (χ0n) is 24.0. The van der Waals surface area contributed by atoms with Gasteiger partial charge in [-0.25, -0.2) is 4.79 Å². The van der Waals surface area contributed by atoms with Crippen LogP contribution in [0.3, 0.4) is 0 Å². The molecule has 0 aliphatic heterocycles. The number of carbonyl (C=O) groups excluding carboxylic acids is 3. The van der Waals surface area contributed by atoms with Crippen LogP contribution >= 0.6 is 0 Å². The van der Waals surface area contributed by atoms with Crippen LogP contribution in [0.1, 0.15) is 49.7 Å². The number of carbonyl (C=O) groups is 3. The van der Waals surface area contributed by atoms with E-state index >= 15 is 0 Å². The molecule has 218 valence electrons. The Labute approximate surface area is 245 Å². The number of H-pyrrole nitrogens is 2. The maximum atomic E-state index is 14.1. The Balaban J connectivity index is 1.16. The second kappa shape index (κ2) is 10.6. The summed E-state index contributed by atoms with van der Waals surface area (Å²) in [4.78, 5) is 47.6. The van der Waals surface area contributed by atoms with E-state index in [2.05, 4.69) is 20.6 Å². The number of ether oxygens (including phenoxy) is 1. The van der Waals surface area contributed by atoms with E-state index in [0.717, 1.165) is 52.2 Å². The highest BCUT2D eigenvalue weighted by atomic mass is 16.5. The summed E-state index contributed by atoms with van der Waals surface area (Å²) in [6.45, 7) is 0. The summed E-state index contributed by atoms with van der Waals surface area (Å²) in [5.41, 5.74) is 3.41. The predicted molar refractivity (Wildman–Crippen MR) is 160 cm³/mol. The molecule has 42 heavy (non-hydrogen) atoms. The molecule has 4 aromatic rings. The first-order valence-electron chi connectivity index (χ1n) is 15.2. The molecule has 4 N–H and O–H groups in total. The third-order valence-electron chi connectivity index (χ3n) is 10.1. The fourth-order valence-corrected chi connectivity index (χ4v) is 8.56. The number of esters is 1. The smallest absolute Gasteiger partial charge is 0.328 e. The molecular weight excluding hydrogens is 528 g/mol. The van der Waals surface area contributed by atoms with Gasteiger partial charge in [-0.1, -0.05) is 36.4 Å². The molecule has 4 bridgehead atoms. The van der Waals surface area contributed by atoms with Crippen LogP contribution in [0, 0.1) is 23.2 Å². The van der Waals surface area contributed by atoms with E-state index in [9.17, 15) is 14.4 Å². The highest BCUT2D eigenvalue weighted by molar-refractivity contribution is 5.94. The number of fused-ring (bicyclic) bond motifs is 2. The quantitative estimate of drug-likeness (QED) is 0.218. The van der Waals surface area contributed by atoms with Gasteiger partial charge in [-0.05, 0) is 79.5 Å². The largest absolute Gasteiger partial charge is 0.467 e. The topological polar surface area (TPSA) is 116 Å². The number of methoxy groups -OCH3 is 1. The van der Waals surface area contributed by atoms with Crippen LogP contribution in [-0.4, -0.2) is 46.9 Å². The average molecular weight is 567 g/mol. The minimum absolute atomic E-state index is 0.00663. The van der Waals surface area contributed by atoms with Crippen molar-refractivity contribution in [1.82, 2.24) is 20.6 Å². The molecule has 4 aliphatic rings. The fourth-order valence-electron chi connectivity index (χ4n) is 8.56. The van der Waals surface area contributed by atoms with Gasteiger partial charge in [0, 0.05) is 52.5 Å². The van der Waals surface area contributed by atoms with Gasteiger partial charge in [-0.15, -0.1) is 0 Å². The Morgan fingerprint density at radius 1 is 0.786 bits per heavy atom. The lowest BCUT2D eigenvalue weighted by atomic mass is 9.49. The van der Waals surface area contributed by atoms with Crippen LogP contribution in [0.5, 0.6) is 0 Å². The highest BCUT2D eigenvalue weighted by Crippen LogP contribution is 2.60. The van der Waals surface area contributed by atoms with Crippen molar-refractivity contribution in [2.24, 2.45) is 23.2 Å². The molecule has 8 heteroatoms. The Hall–Kier alpha value is -4.07. The molecule has 0 saturated heterocycles. The van der Waals surface area contributed by atoms with Crippen molar-refractivity contribution >= 4 is 39.6 Å². The van der Waals surface area contributed by atoms with Crippen molar-refractivity contribution in [2.75, 3.05) is 7.11 Å². The molecule has 2 atom stereocenters. The van der Waals surface area contributed by atoms with Crippen LogP contribution in [-0.2, 0) is 32.0 Å². The number of amides is 2. The molecule has 2 aromatic carbocycles. The first-order chi connectivity index (χ1) is 20.4. The molecule has 2 heterocycles. The van der Waals surface area contributed by atoms with E-state index in [1.54, 1.807) is 0 Å². The number of nitrogens with one attached hydrogen (secondary N) is 4. The number of hydrogen-bond donors (Lipinski definition) is 4. The van der Waals surface area contributed by atoms with Crippen LogP contribution in [0.4, 0.5) is 0 Å². The molecule has 2 amide bonds. The average Bonchev–Trinajstić information content (AvgIpc) is 3.59. The van der Waals surface area contributed by atoms with Gasteiger partial charge in [0.1, 0.15) is 12.1 Å². The molecule has 0 spiro atoms. The lowest BCUT2D eigenvalue weighted by molar-refractivity contribution is -0.149. The monoisotopic (exact) mass is 566 g/mol. The van der Waals surface area contributed by atoms with E-state index in [4.69, 9.17) is 4.74 Å². The van der Waals surface area contributed by atoms with Crippen LogP contribution < -0.4 is 10.6 Å². The maximum Gasteiger partial charge on any atom is 0.328 e. The molecule has 8 nitrogen and oxygen atoms in total. The summed E-state index contributed by atoms with van der Waals surface area (Å²) >= 11 is 0. The summed E-state index contributed by atoms with van der Waals surface area (Å²) in [6.07, 6.45) is 10.8. The van der Waals surface area contributed by atoms with Gasteiger partial charge in [-0.2, -0.15) is 0 Å². The van der Waals surface area contributed by atoms with Gasteiger partial charge in [0.2, 0.25) is 11.8 Å². The SMILES string of the molecule is COC(=O)C(Cc1c[nH]c2ccccc12)NC(=O)C(Cc1c[nH]c2ccccc12)NC(=O)C12CC3CC(CC(C3)C1)C2. The summed E-state index contributed by atoms with van der Waals surface area (Å²) in [5, 5.41) is 8.17. The molecule has 4 saturated carbocycles. The molecule has 2 unspecified atom stereocenters. The van der Waals surface area contributed by atoms with Gasteiger partial charge in [0.25, 0.3) is 0 Å². The number of hydrogen-bond acceptors (Lipinski definition) is 4. The standard InChI is InChI=1S/C34H38N4O4/c1-42-32(40)30(14-24-19-36-28-9-5-3-7-26(24)28)37-31(39)29(13-23-18-35-27-8-4-2-6-25(23)27)38-33(41)34-15-20-10-21(16-34)12-22(11-20)17-34/h2-9,18-22,29-30,35-36H,10-17H2,1H3,(H,37,39)(H,38,41). The van der Waals surface area contributed by atoms with Crippen LogP contribution in [0.15, 0.2) is 60.9 Å². The zero-order valence-corrected chi connectivity index (χ0v) is 24.0. The highest BCUT2D eigenvalue weighted by Gasteiger charge is 2.55. The van der Waals surface area contributed by atoms with Crippen LogP contribution in [0.25, 0.3) is 21.8 Å². The normalized spacial score (nSPS) is 25.8. The van der Waals surface area contributed by atoms with Gasteiger partial charge < -0.3 is 25.3 Å². The Kier molecular flexibility index (Phi) is 6.79. The van der Waals surface area contributed by atoms with E-state index in [0.29, 0.717) is 24.2 Å². The van der Waals surface area contributed by atoms with Crippen molar-refractivity contribution < 1.29 is 19.1 Å². The number of aromatic nitrogens is 2. The van der Waals surface area contributed by atoms with E-state index in [1.807, 2.05) is 60.9 Å². The predicted octanol–water partition coefficient (Wildman–Crippen LogP) is 4.79. The first-order valence-corrected chi connectivity index (χ1v) is 15.2. The molecule has 4 fully saturated rings. The Bertz CT molecular complexity index is 1620. The minimum Gasteiger partial charge on any atom is -0.467 e. The van der Waals surface area contributed by atoms with E-state index in [-0.39, 0.29) is 23.7 Å². The van der Waals surface area contributed by atoms with E-state index in [1.165, 1.54) is 26.4 Å². The summed E-state index contributed by atoms with van der Waals surface area (Å²) in [6, 6.07) is 14.1. The second-order valence-electron chi connectivity index (χ2n) is 12.9. The summed E-state index contributed by atoms with van der Waals surface area (Å²) in [5.74, 6) is 0.932. The number of aromatic amines is 2. The lowest BCUT2D eigenvalue weighted by Gasteiger charge is -2.55. The third-order valence-corrected chi connectivity index (χ3v) is 10.1. The number of rotatable bonds is 9. The van der Waals surface area contributed by atoms with Gasteiger partial charge >= 0.3 is 5.97 Å². The minimum atomic E-state index is -0.899. The fraction of sp³-hybridized carbons (Fsp3) is 0.441. The third kappa shape index (κ3) is 4.86. The summed E-state index contributed by atoms with van der Waals surface area (Å²) < 4.78 is 5.11. The second-order valence-corrected chi connectivity index (χ2v) is 12.9. The van der Waals surface area contributed by atoms with Crippen molar-refractivity contribution in [3.8, 4) is 0 Å². The van der Waals surface area contributed by atoms with Gasteiger partial charge in [0.05, 0.1) is 7.11 Å². The molecule has 4 aliphatic carbocycles. The molecular formula is C34H38N4O4. The molecule has 2 aromatic heterocycles. The van der Waals surface area contributed by atoms with Crippen molar-refractivity contribution in [2.45, 2.75) is 63.5 Å².